The summed E-state index contributed by atoms with van der Waals surface area (Å²) in [5.41, 5.74) is 4.94. The number of amides is 1. The fraction of sp³-hybridized carbons (Fsp3) is 0.350. The summed E-state index contributed by atoms with van der Waals surface area (Å²) in [5.74, 6) is 1.45. The fourth-order valence-electron chi connectivity index (χ4n) is 3.63. The summed E-state index contributed by atoms with van der Waals surface area (Å²) < 4.78 is 3.84. The number of carbonyl (C=O) groups is 1. The van der Waals surface area contributed by atoms with Gasteiger partial charge >= 0.3 is 0 Å². The monoisotopic (exact) mass is 377 g/mol. The summed E-state index contributed by atoms with van der Waals surface area (Å²) in [4.78, 5) is 25.7. The topological polar surface area (TPSA) is 90.0 Å². The first kappa shape index (κ1) is 18.1. The van der Waals surface area contributed by atoms with E-state index in [4.69, 9.17) is 0 Å². The number of nitrogens with one attached hydrogen (secondary N) is 1. The van der Waals surface area contributed by atoms with Crippen molar-refractivity contribution in [3.8, 4) is 0 Å². The molecule has 3 heterocycles. The molecular formula is C20H23N7O. The van der Waals surface area contributed by atoms with E-state index in [2.05, 4.69) is 42.9 Å². The zero-order valence-corrected chi connectivity index (χ0v) is 16.3. The number of hydrogen-bond donors (Lipinski definition) is 1. The van der Waals surface area contributed by atoms with Gasteiger partial charge in [0, 0.05) is 24.4 Å². The van der Waals surface area contributed by atoms with Gasteiger partial charge in [-0.3, -0.25) is 4.79 Å². The van der Waals surface area contributed by atoms with Crippen molar-refractivity contribution in [2.75, 3.05) is 0 Å². The van der Waals surface area contributed by atoms with Gasteiger partial charge in [0.2, 0.25) is 5.91 Å². The van der Waals surface area contributed by atoms with Crippen molar-refractivity contribution in [1.29, 1.82) is 0 Å². The molecule has 144 valence electrons. The van der Waals surface area contributed by atoms with Gasteiger partial charge in [-0.2, -0.15) is 10.1 Å². The first-order valence-electron chi connectivity index (χ1n) is 9.45. The molecule has 4 aromatic rings. The summed E-state index contributed by atoms with van der Waals surface area (Å²) in [6, 6.07) is 8.02. The Morgan fingerprint density at radius 3 is 2.82 bits per heavy atom. The van der Waals surface area contributed by atoms with Crippen LogP contribution in [0, 0.1) is 13.8 Å². The van der Waals surface area contributed by atoms with E-state index in [-0.39, 0.29) is 5.91 Å². The number of para-hydroxylation sites is 2. The van der Waals surface area contributed by atoms with Gasteiger partial charge in [0.05, 0.1) is 17.6 Å². The van der Waals surface area contributed by atoms with Crippen LogP contribution in [-0.4, -0.2) is 35.0 Å². The van der Waals surface area contributed by atoms with Gasteiger partial charge in [-0.1, -0.05) is 12.1 Å². The van der Waals surface area contributed by atoms with E-state index in [9.17, 15) is 4.79 Å². The predicted octanol–water partition coefficient (Wildman–Crippen LogP) is 2.36. The number of aryl methyl sites for hydroxylation is 3. The highest BCUT2D eigenvalue weighted by atomic mass is 16.1. The van der Waals surface area contributed by atoms with E-state index in [1.807, 2.05) is 32.0 Å². The van der Waals surface area contributed by atoms with Crippen LogP contribution in [0.4, 0.5) is 0 Å². The summed E-state index contributed by atoms with van der Waals surface area (Å²) in [6.45, 7) is 7.23. The summed E-state index contributed by atoms with van der Waals surface area (Å²) >= 11 is 0. The number of hydrogen-bond acceptors (Lipinski definition) is 5. The van der Waals surface area contributed by atoms with Gasteiger partial charge in [-0.05, 0) is 44.9 Å². The normalized spacial score (nSPS) is 11.4. The van der Waals surface area contributed by atoms with Crippen LogP contribution in [0.1, 0.15) is 36.1 Å². The maximum Gasteiger partial charge on any atom is 0.252 e. The average molecular weight is 377 g/mol. The SMILES string of the molecule is CCn1c(CNC(=O)CCc2c(C)nc3ncnn3c2C)nc2ccccc21. The number of benzene rings is 1. The average Bonchev–Trinajstić information content (AvgIpc) is 3.29. The quantitative estimate of drug-likeness (QED) is 0.557. The summed E-state index contributed by atoms with van der Waals surface area (Å²) in [7, 11) is 0. The number of carbonyl (C=O) groups excluding carboxylic acids is 1. The molecule has 0 unspecified atom stereocenters. The second kappa shape index (κ2) is 7.38. The molecule has 4 rings (SSSR count). The van der Waals surface area contributed by atoms with Crippen LogP contribution in [0.15, 0.2) is 30.6 Å². The number of aromatic nitrogens is 6. The molecule has 3 aromatic heterocycles. The first-order valence-corrected chi connectivity index (χ1v) is 9.45. The third-order valence-electron chi connectivity index (χ3n) is 5.08. The van der Waals surface area contributed by atoms with E-state index in [0.717, 1.165) is 40.4 Å². The van der Waals surface area contributed by atoms with Gasteiger partial charge in [-0.25, -0.2) is 14.5 Å². The van der Waals surface area contributed by atoms with Gasteiger partial charge in [0.1, 0.15) is 12.2 Å². The largest absolute Gasteiger partial charge is 0.349 e. The standard InChI is InChI=1S/C20H23N7O/c1-4-26-17-8-6-5-7-16(17)25-18(26)11-21-19(28)10-9-15-13(2)24-20-22-12-23-27(20)14(15)3/h5-8,12H,4,9-11H2,1-3H3,(H,21,28). The molecule has 0 saturated carbocycles. The Morgan fingerprint density at radius 1 is 1.18 bits per heavy atom. The van der Waals surface area contributed by atoms with Crippen LogP contribution in [0.5, 0.6) is 0 Å². The van der Waals surface area contributed by atoms with Gasteiger partial charge in [0.25, 0.3) is 5.78 Å². The molecule has 1 N–H and O–H groups in total. The second-order valence-electron chi connectivity index (χ2n) is 6.77. The fourth-order valence-corrected chi connectivity index (χ4v) is 3.63. The van der Waals surface area contributed by atoms with Crippen molar-refractivity contribution in [2.45, 2.75) is 46.7 Å². The molecule has 0 aliphatic heterocycles. The minimum absolute atomic E-state index is 0.00723. The third kappa shape index (κ3) is 3.21. The van der Waals surface area contributed by atoms with E-state index >= 15 is 0 Å². The van der Waals surface area contributed by atoms with Crippen molar-refractivity contribution in [3.63, 3.8) is 0 Å². The molecule has 0 fully saturated rings. The van der Waals surface area contributed by atoms with Crippen LogP contribution in [-0.2, 0) is 24.3 Å². The molecule has 8 nitrogen and oxygen atoms in total. The summed E-state index contributed by atoms with van der Waals surface area (Å²) in [5, 5.41) is 7.19. The van der Waals surface area contributed by atoms with Crippen LogP contribution in [0.25, 0.3) is 16.8 Å². The molecule has 28 heavy (non-hydrogen) atoms. The number of rotatable bonds is 6. The predicted molar refractivity (Wildman–Crippen MR) is 106 cm³/mol. The first-order chi connectivity index (χ1) is 13.6. The molecule has 0 spiro atoms. The van der Waals surface area contributed by atoms with Crippen molar-refractivity contribution >= 4 is 22.7 Å². The van der Waals surface area contributed by atoms with Crippen molar-refractivity contribution in [3.05, 3.63) is 53.4 Å². The molecule has 0 radical (unpaired) electrons. The van der Waals surface area contributed by atoms with Crippen molar-refractivity contribution in [2.24, 2.45) is 0 Å². The lowest BCUT2D eigenvalue weighted by atomic mass is 10.1. The minimum atomic E-state index is -0.00723. The van der Waals surface area contributed by atoms with E-state index in [1.165, 1.54) is 6.33 Å². The Bertz CT molecular complexity index is 1160. The van der Waals surface area contributed by atoms with E-state index < -0.39 is 0 Å². The summed E-state index contributed by atoms with van der Waals surface area (Å²) in [6.07, 6.45) is 2.48. The zero-order chi connectivity index (χ0) is 19.7. The van der Waals surface area contributed by atoms with Gasteiger partial charge in [-0.15, -0.1) is 0 Å². The second-order valence-corrected chi connectivity index (χ2v) is 6.77. The molecule has 0 bridgehead atoms. The highest BCUT2D eigenvalue weighted by Crippen LogP contribution is 2.17. The molecule has 1 aromatic carbocycles. The molecule has 0 aliphatic carbocycles. The lowest BCUT2D eigenvalue weighted by Crippen LogP contribution is -2.25. The zero-order valence-electron chi connectivity index (χ0n) is 16.3. The van der Waals surface area contributed by atoms with Gasteiger partial charge < -0.3 is 9.88 Å². The third-order valence-corrected chi connectivity index (χ3v) is 5.08. The molecule has 0 aliphatic rings. The van der Waals surface area contributed by atoms with E-state index in [0.29, 0.717) is 25.2 Å². The molecule has 8 heteroatoms. The minimum Gasteiger partial charge on any atom is -0.349 e. The Kier molecular flexibility index (Phi) is 4.77. The maximum absolute atomic E-state index is 12.4. The van der Waals surface area contributed by atoms with E-state index in [1.54, 1.807) is 4.52 Å². The smallest absolute Gasteiger partial charge is 0.252 e. The lowest BCUT2D eigenvalue weighted by Gasteiger charge is -2.11. The number of imidazole rings is 1. The Labute approximate surface area is 162 Å². The molecule has 1 amide bonds. The molecule has 0 saturated heterocycles. The van der Waals surface area contributed by atoms with Crippen molar-refractivity contribution < 1.29 is 4.79 Å². The van der Waals surface area contributed by atoms with Crippen LogP contribution in [0.3, 0.4) is 0 Å². The van der Waals surface area contributed by atoms with Crippen molar-refractivity contribution in [1.82, 2.24) is 34.4 Å². The van der Waals surface area contributed by atoms with Crippen LogP contribution < -0.4 is 5.32 Å². The number of nitrogens with zero attached hydrogens (tertiary/aromatic N) is 6. The molecular weight excluding hydrogens is 354 g/mol. The van der Waals surface area contributed by atoms with Crippen LogP contribution >= 0.6 is 0 Å². The maximum atomic E-state index is 12.4. The van der Waals surface area contributed by atoms with Gasteiger partial charge in [0.15, 0.2) is 0 Å². The Balaban J connectivity index is 1.43. The Morgan fingerprint density at radius 2 is 2.00 bits per heavy atom. The Hall–Kier alpha value is -3.29. The highest BCUT2D eigenvalue weighted by molar-refractivity contribution is 5.77. The lowest BCUT2D eigenvalue weighted by molar-refractivity contribution is -0.121. The molecule has 0 atom stereocenters. The van der Waals surface area contributed by atoms with Crippen LogP contribution in [0.2, 0.25) is 0 Å². The highest BCUT2D eigenvalue weighted by Gasteiger charge is 2.14. The number of fused-ring (bicyclic) bond motifs is 2.